The third-order valence-corrected chi connectivity index (χ3v) is 3.97. The number of hydrogen-bond acceptors (Lipinski definition) is 3. The SMILES string of the molecule is CCn1nc(C)c(Br)c1CC(=O)c1ccoc1C. The number of furan rings is 1. The van der Waals surface area contributed by atoms with E-state index in [0.717, 1.165) is 22.4 Å². The molecule has 0 N–H and O–H groups in total. The van der Waals surface area contributed by atoms with E-state index >= 15 is 0 Å². The average molecular weight is 311 g/mol. The summed E-state index contributed by atoms with van der Waals surface area (Å²) in [5.74, 6) is 0.715. The second-order valence-electron chi connectivity index (χ2n) is 4.15. The standard InChI is InChI=1S/C13H15BrN2O2/c1-4-16-11(13(14)8(2)15-16)7-12(17)10-5-6-18-9(10)3/h5-6H,4,7H2,1-3H3. The van der Waals surface area contributed by atoms with Crippen molar-refractivity contribution in [3.63, 3.8) is 0 Å². The molecule has 2 heterocycles. The van der Waals surface area contributed by atoms with Crippen molar-refractivity contribution in [1.29, 1.82) is 0 Å². The Balaban J connectivity index is 2.30. The van der Waals surface area contributed by atoms with Crippen LogP contribution in [-0.4, -0.2) is 15.6 Å². The molecule has 0 aliphatic heterocycles. The predicted molar refractivity (Wildman–Crippen MR) is 71.8 cm³/mol. The fourth-order valence-corrected chi connectivity index (χ4v) is 2.38. The van der Waals surface area contributed by atoms with Crippen molar-refractivity contribution >= 4 is 21.7 Å². The van der Waals surface area contributed by atoms with Crippen LogP contribution in [0.3, 0.4) is 0 Å². The maximum absolute atomic E-state index is 12.2. The molecule has 18 heavy (non-hydrogen) atoms. The Morgan fingerprint density at radius 1 is 1.50 bits per heavy atom. The smallest absolute Gasteiger partial charge is 0.172 e. The van der Waals surface area contributed by atoms with Crippen LogP contribution in [0.15, 0.2) is 21.2 Å². The van der Waals surface area contributed by atoms with Gasteiger partial charge >= 0.3 is 0 Å². The van der Waals surface area contributed by atoms with Crippen molar-refractivity contribution in [3.05, 3.63) is 39.5 Å². The summed E-state index contributed by atoms with van der Waals surface area (Å²) in [5, 5.41) is 4.38. The summed E-state index contributed by atoms with van der Waals surface area (Å²) in [6, 6.07) is 1.71. The molecule has 5 heteroatoms. The van der Waals surface area contributed by atoms with Crippen molar-refractivity contribution in [1.82, 2.24) is 9.78 Å². The maximum atomic E-state index is 12.2. The van der Waals surface area contributed by atoms with Gasteiger partial charge in [-0.3, -0.25) is 9.48 Å². The topological polar surface area (TPSA) is 48.0 Å². The Bertz CT molecular complexity index is 584. The van der Waals surface area contributed by atoms with E-state index in [0.29, 0.717) is 17.7 Å². The first-order valence-corrected chi connectivity index (χ1v) is 6.63. The lowest BCUT2D eigenvalue weighted by Gasteiger charge is -2.04. The first kappa shape index (κ1) is 13.1. The van der Waals surface area contributed by atoms with Crippen LogP contribution in [0.5, 0.6) is 0 Å². The van der Waals surface area contributed by atoms with Crippen LogP contribution in [0.25, 0.3) is 0 Å². The molecular formula is C13H15BrN2O2. The fraction of sp³-hybridized carbons (Fsp3) is 0.385. The Kier molecular flexibility index (Phi) is 3.71. The van der Waals surface area contributed by atoms with Crippen LogP contribution in [0.4, 0.5) is 0 Å². The average Bonchev–Trinajstić information content (AvgIpc) is 2.87. The van der Waals surface area contributed by atoms with E-state index in [1.807, 2.05) is 18.5 Å². The molecular weight excluding hydrogens is 296 g/mol. The van der Waals surface area contributed by atoms with Gasteiger partial charge in [-0.15, -0.1) is 0 Å². The lowest BCUT2D eigenvalue weighted by molar-refractivity contribution is 0.0989. The van der Waals surface area contributed by atoms with Crippen LogP contribution in [-0.2, 0) is 13.0 Å². The van der Waals surface area contributed by atoms with Crippen LogP contribution >= 0.6 is 15.9 Å². The molecule has 0 fully saturated rings. The summed E-state index contributed by atoms with van der Waals surface area (Å²) >= 11 is 3.49. The predicted octanol–water partition coefficient (Wildman–Crippen LogP) is 3.30. The third-order valence-electron chi connectivity index (χ3n) is 2.94. The summed E-state index contributed by atoms with van der Waals surface area (Å²) in [7, 11) is 0. The van der Waals surface area contributed by atoms with Crippen molar-refractivity contribution in [3.8, 4) is 0 Å². The molecule has 0 radical (unpaired) electrons. The van der Waals surface area contributed by atoms with E-state index < -0.39 is 0 Å². The zero-order valence-electron chi connectivity index (χ0n) is 10.7. The van der Waals surface area contributed by atoms with Gasteiger partial charge in [0.25, 0.3) is 0 Å². The number of carbonyl (C=O) groups excluding carboxylic acids is 1. The highest BCUT2D eigenvalue weighted by Gasteiger charge is 2.18. The van der Waals surface area contributed by atoms with Crippen LogP contribution in [0, 0.1) is 13.8 Å². The summed E-state index contributed by atoms with van der Waals surface area (Å²) in [4.78, 5) is 12.2. The molecule has 0 atom stereocenters. The van der Waals surface area contributed by atoms with Gasteiger partial charge in [0, 0.05) is 6.54 Å². The molecule has 2 aromatic rings. The van der Waals surface area contributed by atoms with Gasteiger partial charge in [-0.25, -0.2) is 0 Å². The number of rotatable bonds is 4. The minimum absolute atomic E-state index is 0.0524. The first-order valence-electron chi connectivity index (χ1n) is 5.83. The number of carbonyl (C=O) groups is 1. The van der Waals surface area contributed by atoms with Gasteiger partial charge in [-0.05, 0) is 42.8 Å². The van der Waals surface area contributed by atoms with E-state index in [1.54, 1.807) is 19.3 Å². The minimum atomic E-state index is 0.0524. The van der Waals surface area contributed by atoms with Gasteiger partial charge < -0.3 is 4.42 Å². The van der Waals surface area contributed by atoms with Crippen LogP contribution in [0.2, 0.25) is 0 Å². The first-order chi connectivity index (χ1) is 8.54. The minimum Gasteiger partial charge on any atom is -0.469 e. The van der Waals surface area contributed by atoms with Crippen LogP contribution < -0.4 is 0 Å². The Hall–Kier alpha value is -1.36. The summed E-state index contributed by atoms with van der Waals surface area (Å²) < 4.78 is 7.93. The van der Waals surface area contributed by atoms with Gasteiger partial charge in [0.05, 0.1) is 34.1 Å². The second-order valence-corrected chi connectivity index (χ2v) is 4.95. The maximum Gasteiger partial charge on any atom is 0.172 e. The normalized spacial score (nSPS) is 10.9. The lowest BCUT2D eigenvalue weighted by atomic mass is 10.1. The highest BCUT2D eigenvalue weighted by molar-refractivity contribution is 9.10. The molecule has 0 bridgehead atoms. The molecule has 4 nitrogen and oxygen atoms in total. The van der Waals surface area contributed by atoms with Crippen molar-refractivity contribution in [2.75, 3.05) is 0 Å². The highest BCUT2D eigenvalue weighted by atomic mass is 79.9. The number of halogens is 1. The largest absolute Gasteiger partial charge is 0.469 e. The molecule has 0 amide bonds. The molecule has 96 valence electrons. The molecule has 0 unspecified atom stereocenters. The number of ketones is 1. The Labute approximate surface area is 114 Å². The summed E-state index contributed by atoms with van der Waals surface area (Å²) in [6.45, 7) is 6.48. The lowest BCUT2D eigenvalue weighted by Crippen LogP contribution is -2.10. The van der Waals surface area contributed by atoms with Gasteiger partial charge in [-0.1, -0.05) is 0 Å². The van der Waals surface area contributed by atoms with Crippen molar-refractivity contribution in [2.45, 2.75) is 33.7 Å². The highest BCUT2D eigenvalue weighted by Crippen LogP contribution is 2.23. The quantitative estimate of drug-likeness (QED) is 0.814. The molecule has 2 aromatic heterocycles. The molecule has 0 aliphatic carbocycles. The van der Waals surface area contributed by atoms with E-state index in [4.69, 9.17) is 4.42 Å². The number of Topliss-reactive ketones (excluding diaryl/α,β-unsaturated/α-hetero) is 1. The molecule has 0 spiro atoms. The third kappa shape index (κ3) is 2.27. The van der Waals surface area contributed by atoms with E-state index in [9.17, 15) is 4.79 Å². The van der Waals surface area contributed by atoms with Crippen molar-refractivity contribution in [2.24, 2.45) is 0 Å². The Morgan fingerprint density at radius 2 is 2.22 bits per heavy atom. The molecule has 0 aliphatic rings. The zero-order valence-corrected chi connectivity index (χ0v) is 12.2. The molecule has 0 saturated heterocycles. The van der Waals surface area contributed by atoms with Gasteiger partial charge in [-0.2, -0.15) is 5.10 Å². The monoisotopic (exact) mass is 310 g/mol. The van der Waals surface area contributed by atoms with E-state index in [2.05, 4.69) is 21.0 Å². The van der Waals surface area contributed by atoms with Crippen molar-refractivity contribution < 1.29 is 9.21 Å². The summed E-state index contributed by atoms with van der Waals surface area (Å²) in [5.41, 5.74) is 2.47. The second kappa shape index (κ2) is 5.10. The number of aromatic nitrogens is 2. The van der Waals surface area contributed by atoms with Gasteiger partial charge in [0.15, 0.2) is 5.78 Å². The number of hydrogen-bond donors (Lipinski definition) is 0. The van der Waals surface area contributed by atoms with E-state index in [-0.39, 0.29) is 5.78 Å². The fourth-order valence-electron chi connectivity index (χ4n) is 1.96. The molecule has 0 saturated carbocycles. The van der Waals surface area contributed by atoms with E-state index in [1.165, 1.54) is 0 Å². The Morgan fingerprint density at radius 3 is 2.78 bits per heavy atom. The molecule has 0 aromatic carbocycles. The zero-order chi connectivity index (χ0) is 13.3. The van der Waals surface area contributed by atoms with Crippen LogP contribution in [0.1, 0.15) is 34.4 Å². The number of aryl methyl sites for hydroxylation is 3. The number of nitrogens with zero attached hydrogens (tertiary/aromatic N) is 2. The molecule has 2 rings (SSSR count). The van der Waals surface area contributed by atoms with Gasteiger partial charge in [0.2, 0.25) is 0 Å². The van der Waals surface area contributed by atoms with Gasteiger partial charge in [0.1, 0.15) is 5.76 Å². The summed E-state index contributed by atoms with van der Waals surface area (Å²) in [6.07, 6.45) is 1.87.